The third-order valence-corrected chi connectivity index (χ3v) is 5.79. The van der Waals surface area contributed by atoms with Gasteiger partial charge in [0.15, 0.2) is 0 Å². The van der Waals surface area contributed by atoms with Crippen molar-refractivity contribution >= 4 is 0 Å². The lowest BCUT2D eigenvalue weighted by molar-refractivity contribution is 0.0139. The minimum absolute atomic E-state index is 0.274. The minimum atomic E-state index is 0.274. The highest BCUT2D eigenvalue weighted by Crippen LogP contribution is 2.44. The van der Waals surface area contributed by atoms with E-state index in [0.717, 1.165) is 37.3 Å². The normalized spacial score (nSPS) is 32.3. The molecule has 1 aromatic rings. The van der Waals surface area contributed by atoms with Gasteiger partial charge in [-0.05, 0) is 31.6 Å². The number of aromatic nitrogens is 3. The molecule has 5 nitrogen and oxygen atoms in total. The summed E-state index contributed by atoms with van der Waals surface area (Å²) in [6.45, 7) is 10.2. The molecular weight excluding hydrogens is 262 g/mol. The van der Waals surface area contributed by atoms with Gasteiger partial charge in [0.25, 0.3) is 0 Å². The van der Waals surface area contributed by atoms with Crippen molar-refractivity contribution < 1.29 is 0 Å². The fourth-order valence-electron chi connectivity index (χ4n) is 3.61. The van der Waals surface area contributed by atoms with Crippen LogP contribution in [0.4, 0.5) is 0 Å². The van der Waals surface area contributed by atoms with E-state index in [0.29, 0.717) is 6.04 Å². The number of nitrogens with zero attached hydrogens (tertiary/aromatic N) is 4. The van der Waals surface area contributed by atoms with Gasteiger partial charge in [0.1, 0.15) is 12.2 Å². The van der Waals surface area contributed by atoms with Gasteiger partial charge in [0, 0.05) is 31.7 Å². The first-order valence-corrected chi connectivity index (χ1v) is 8.36. The van der Waals surface area contributed by atoms with Crippen LogP contribution >= 0.6 is 0 Å². The number of aryl methyl sites for hydroxylation is 1. The van der Waals surface area contributed by atoms with E-state index in [9.17, 15) is 0 Å². The molecule has 0 radical (unpaired) electrons. The van der Waals surface area contributed by atoms with Crippen LogP contribution in [0.2, 0.25) is 0 Å². The topological polar surface area (TPSA) is 46.0 Å². The Bertz CT molecular complexity index is 481. The summed E-state index contributed by atoms with van der Waals surface area (Å²) in [5.74, 6) is 2.64. The van der Waals surface area contributed by atoms with Crippen LogP contribution in [-0.4, -0.2) is 44.3 Å². The van der Waals surface area contributed by atoms with Crippen molar-refractivity contribution in [3.63, 3.8) is 0 Å². The van der Waals surface area contributed by atoms with Crippen LogP contribution in [-0.2, 0) is 13.6 Å². The second kappa shape index (κ2) is 5.69. The van der Waals surface area contributed by atoms with Gasteiger partial charge in [-0.25, -0.2) is 4.98 Å². The molecule has 3 unspecified atom stereocenters. The van der Waals surface area contributed by atoms with E-state index >= 15 is 0 Å². The summed E-state index contributed by atoms with van der Waals surface area (Å²) in [6, 6.07) is 0.593. The van der Waals surface area contributed by atoms with Crippen LogP contribution < -0.4 is 5.32 Å². The molecule has 1 N–H and O–H groups in total. The van der Waals surface area contributed by atoms with E-state index in [-0.39, 0.29) is 5.54 Å². The fraction of sp³-hybridized carbons (Fsp3) is 0.875. The third-order valence-electron chi connectivity index (χ3n) is 5.79. The first-order valence-electron chi connectivity index (χ1n) is 8.36. The molecule has 0 aromatic carbocycles. The van der Waals surface area contributed by atoms with Gasteiger partial charge in [0.2, 0.25) is 0 Å². The Balaban J connectivity index is 1.78. The van der Waals surface area contributed by atoms with E-state index < -0.39 is 0 Å². The Hall–Kier alpha value is -0.940. The van der Waals surface area contributed by atoms with Crippen molar-refractivity contribution in [2.45, 2.75) is 58.2 Å². The molecule has 3 atom stereocenters. The third kappa shape index (κ3) is 2.86. The quantitative estimate of drug-likeness (QED) is 0.898. The van der Waals surface area contributed by atoms with E-state index in [2.05, 4.69) is 41.1 Å². The van der Waals surface area contributed by atoms with Crippen LogP contribution in [0.1, 0.15) is 45.9 Å². The zero-order valence-corrected chi connectivity index (χ0v) is 13.8. The molecular formula is C16H29N5. The molecule has 0 bridgehead atoms. The molecule has 1 aliphatic carbocycles. The molecule has 0 spiro atoms. The van der Waals surface area contributed by atoms with Crippen molar-refractivity contribution in [3.05, 3.63) is 12.2 Å². The summed E-state index contributed by atoms with van der Waals surface area (Å²) in [6.07, 6.45) is 5.65. The van der Waals surface area contributed by atoms with Crippen molar-refractivity contribution in [3.8, 4) is 0 Å². The molecule has 2 heterocycles. The highest BCUT2D eigenvalue weighted by Gasteiger charge is 2.48. The molecule has 21 heavy (non-hydrogen) atoms. The first-order chi connectivity index (χ1) is 10.0. The molecule has 1 saturated heterocycles. The molecule has 118 valence electrons. The van der Waals surface area contributed by atoms with E-state index in [1.165, 1.54) is 19.3 Å². The van der Waals surface area contributed by atoms with E-state index in [4.69, 9.17) is 0 Å². The molecule has 1 aromatic heterocycles. The Morgan fingerprint density at radius 1 is 1.48 bits per heavy atom. The van der Waals surface area contributed by atoms with Gasteiger partial charge in [-0.15, -0.1) is 0 Å². The van der Waals surface area contributed by atoms with Crippen molar-refractivity contribution in [1.82, 2.24) is 25.0 Å². The van der Waals surface area contributed by atoms with Gasteiger partial charge in [-0.2, -0.15) is 5.10 Å². The Morgan fingerprint density at radius 2 is 2.24 bits per heavy atom. The largest absolute Gasteiger partial charge is 0.311 e. The predicted octanol–water partition coefficient (Wildman–Crippen LogP) is 1.80. The van der Waals surface area contributed by atoms with Gasteiger partial charge in [-0.3, -0.25) is 9.58 Å². The van der Waals surface area contributed by atoms with Crippen LogP contribution in [0.3, 0.4) is 0 Å². The number of hydrogen-bond donors (Lipinski definition) is 1. The minimum Gasteiger partial charge on any atom is -0.311 e. The Kier molecular flexibility index (Phi) is 4.06. The van der Waals surface area contributed by atoms with Crippen molar-refractivity contribution in [2.75, 3.05) is 13.1 Å². The number of hydrogen-bond acceptors (Lipinski definition) is 4. The average molecular weight is 291 g/mol. The lowest BCUT2D eigenvalue weighted by Crippen LogP contribution is -2.65. The van der Waals surface area contributed by atoms with Gasteiger partial charge < -0.3 is 5.32 Å². The standard InChI is InChI=1S/C16H29N5/c1-5-12(2)14-8-21(9-15-18-11-19-20(15)4)16(3,10-17-14)13-6-7-13/h11-14,17H,5-10H2,1-4H3. The van der Waals surface area contributed by atoms with Crippen LogP contribution in [0, 0.1) is 11.8 Å². The molecule has 0 amide bonds. The fourth-order valence-corrected chi connectivity index (χ4v) is 3.61. The SMILES string of the molecule is CCC(C)C1CN(Cc2ncnn2C)C(C)(C2CC2)CN1. The maximum atomic E-state index is 4.43. The van der Waals surface area contributed by atoms with Gasteiger partial charge in [-0.1, -0.05) is 20.3 Å². The molecule has 1 aliphatic heterocycles. The molecule has 3 rings (SSSR count). The lowest BCUT2D eigenvalue weighted by atomic mass is 9.86. The summed E-state index contributed by atoms with van der Waals surface area (Å²) in [5, 5.41) is 8.05. The second-order valence-corrected chi connectivity index (χ2v) is 7.18. The number of rotatable bonds is 5. The molecule has 2 fully saturated rings. The zero-order chi connectivity index (χ0) is 15.0. The summed E-state index contributed by atoms with van der Waals surface area (Å²) < 4.78 is 1.91. The molecule has 2 aliphatic rings. The average Bonchev–Trinajstić information content (AvgIpc) is 3.26. The van der Waals surface area contributed by atoms with E-state index in [1.54, 1.807) is 6.33 Å². The monoisotopic (exact) mass is 291 g/mol. The lowest BCUT2D eigenvalue weighted by Gasteiger charge is -2.49. The second-order valence-electron chi connectivity index (χ2n) is 7.18. The summed E-state index contributed by atoms with van der Waals surface area (Å²) in [7, 11) is 1.99. The highest BCUT2D eigenvalue weighted by atomic mass is 15.4. The van der Waals surface area contributed by atoms with Crippen LogP contribution in [0.25, 0.3) is 0 Å². The summed E-state index contributed by atoms with van der Waals surface area (Å²) in [5.41, 5.74) is 0.274. The summed E-state index contributed by atoms with van der Waals surface area (Å²) in [4.78, 5) is 7.10. The zero-order valence-electron chi connectivity index (χ0n) is 13.8. The smallest absolute Gasteiger partial charge is 0.140 e. The van der Waals surface area contributed by atoms with E-state index in [1.807, 2.05) is 11.7 Å². The van der Waals surface area contributed by atoms with Gasteiger partial charge >= 0.3 is 0 Å². The first kappa shape index (κ1) is 15.0. The highest BCUT2D eigenvalue weighted by molar-refractivity contribution is 5.06. The number of nitrogens with one attached hydrogen (secondary N) is 1. The van der Waals surface area contributed by atoms with Crippen LogP contribution in [0.15, 0.2) is 6.33 Å². The Labute approximate surface area is 128 Å². The number of piperazine rings is 1. The van der Waals surface area contributed by atoms with Gasteiger partial charge in [0.05, 0.1) is 6.54 Å². The predicted molar refractivity (Wildman–Crippen MR) is 83.8 cm³/mol. The summed E-state index contributed by atoms with van der Waals surface area (Å²) >= 11 is 0. The van der Waals surface area contributed by atoms with Crippen molar-refractivity contribution in [1.29, 1.82) is 0 Å². The van der Waals surface area contributed by atoms with Crippen LogP contribution in [0.5, 0.6) is 0 Å². The van der Waals surface area contributed by atoms with Crippen molar-refractivity contribution in [2.24, 2.45) is 18.9 Å². The molecule has 1 saturated carbocycles. The Morgan fingerprint density at radius 3 is 2.81 bits per heavy atom. The molecule has 5 heteroatoms. The maximum absolute atomic E-state index is 4.43. The maximum Gasteiger partial charge on any atom is 0.140 e.